The predicted octanol–water partition coefficient (Wildman–Crippen LogP) is 1.06. The molecule has 4 nitrogen and oxygen atoms in total. The molecule has 0 aromatic heterocycles. The van der Waals surface area contributed by atoms with Crippen LogP contribution in [0.2, 0.25) is 19.6 Å². The van der Waals surface area contributed by atoms with Crippen LogP contribution in [0.25, 0.3) is 0 Å². The fourth-order valence-electron chi connectivity index (χ4n) is 1.27. The second-order valence-electron chi connectivity index (χ2n) is 4.04. The quantitative estimate of drug-likeness (QED) is 0.471. The maximum Gasteiger partial charge on any atom is 0.237 e. The maximum atomic E-state index is 11.3. The van der Waals surface area contributed by atoms with Crippen molar-refractivity contribution in [2.24, 2.45) is 0 Å². The van der Waals surface area contributed by atoms with Crippen LogP contribution in [0, 0.1) is 0 Å². The Labute approximate surface area is 80.6 Å². The first-order chi connectivity index (χ1) is 5.68. The molecular formula is C8H18N2O2Si. The van der Waals surface area contributed by atoms with E-state index < -0.39 is 8.24 Å². The van der Waals surface area contributed by atoms with E-state index in [9.17, 15) is 9.59 Å². The number of hydrazine groups is 1. The Morgan fingerprint density at radius 2 is 1.38 bits per heavy atom. The first-order valence-corrected chi connectivity index (χ1v) is 7.67. The number of nitrogens with zero attached hydrogens (tertiary/aromatic N) is 2. The Hall–Kier alpha value is -0.843. The second kappa shape index (κ2) is 3.91. The third-order valence-electron chi connectivity index (χ3n) is 1.69. The van der Waals surface area contributed by atoms with Gasteiger partial charge < -0.3 is 0 Å². The third kappa shape index (κ3) is 3.18. The molecule has 76 valence electrons. The van der Waals surface area contributed by atoms with Crippen LogP contribution in [0.15, 0.2) is 0 Å². The first-order valence-electron chi connectivity index (χ1n) is 4.23. The minimum absolute atomic E-state index is 0.0723. The topological polar surface area (TPSA) is 40.6 Å². The van der Waals surface area contributed by atoms with Gasteiger partial charge in [-0.3, -0.25) is 19.3 Å². The molecule has 0 radical (unpaired) electrons. The highest BCUT2D eigenvalue weighted by atomic mass is 28.3. The van der Waals surface area contributed by atoms with Gasteiger partial charge in [-0.25, -0.2) is 0 Å². The summed E-state index contributed by atoms with van der Waals surface area (Å²) in [5.41, 5.74) is 0. The molecule has 0 N–H and O–H groups in total. The van der Waals surface area contributed by atoms with Gasteiger partial charge in [0.2, 0.25) is 11.8 Å². The summed E-state index contributed by atoms with van der Waals surface area (Å²) in [6.45, 7) is 9.00. The van der Waals surface area contributed by atoms with E-state index in [2.05, 4.69) is 0 Å². The summed E-state index contributed by atoms with van der Waals surface area (Å²) in [5, 5.41) is 1.40. The Bertz CT molecular complexity index is 223. The normalized spacial score (nSPS) is 10.9. The van der Waals surface area contributed by atoms with Crippen LogP contribution in [0.1, 0.15) is 13.8 Å². The molecule has 0 saturated heterocycles. The highest BCUT2D eigenvalue weighted by Gasteiger charge is 2.31. The molecule has 0 spiro atoms. The highest BCUT2D eigenvalue weighted by molar-refractivity contribution is 6.75. The number of carbonyl (C=O) groups excluding carboxylic acids is 2. The summed E-state index contributed by atoms with van der Waals surface area (Å²) in [6, 6.07) is 0. The standard InChI is InChI=1S/C8H18N2O2Si/c1-7(11)9(3)10(8(2)12)13(4,5)6/h1-6H3. The first kappa shape index (κ1) is 12.2. The molecule has 0 aromatic rings. The summed E-state index contributed by atoms with van der Waals surface area (Å²) in [5.74, 6) is -0.186. The van der Waals surface area contributed by atoms with Crippen LogP contribution < -0.4 is 0 Å². The molecule has 0 aliphatic rings. The van der Waals surface area contributed by atoms with Gasteiger partial charge in [-0.05, 0) is 19.6 Å². The van der Waals surface area contributed by atoms with Crippen molar-refractivity contribution in [3.8, 4) is 0 Å². The fraction of sp³-hybridized carbons (Fsp3) is 0.750. The van der Waals surface area contributed by atoms with Crippen molar-refractivity contribution in [1.82, 2.24) is 9.68 Å². The van der Waals surface area contributed by atoms with E-state index in [-0.39, 0.29) is 11.8 Å². The summed E-state index contributed by atoms with van der Waals surface area (Å²) < 4.78 is 1.58. The molecule has 0 aromatic carbocycles. The van der Waals surface area contributed by atoms with Crippen molar-refractivity contribution in [3.05, 3.63) is 0 Å². The summed E-state index contributed by atoms with van der Waals surface area (Å²) in [6.07, 6.45) is 0. The number of rotatable bonds is 1. The van der Waals surface area contributed by atoms with Gasteiger partial charge in [0.25, 0.3) is 0 Å². The Balaban J connectivity index is 4.83. The molecule has 0 rings (SSSR count). The lowest BCUT2D eigenvalue weighted by Crippen LogP contribution is -2.58. The summed E-state index contributed by atoms with van der Waals surface area (Å²) in [7, 11) is -0.160. The number of hydrogen-bond donors (Lipinski definition) is 0. The molecule has 13 heavy (non-hydrogen) atoms. The molecule has 0 bridgehead atoms. The van der Waals surface area contributed by atoms with Crippen molar-refractivity contribution in [1.29, 1.82) is 0 Å². The van der Waals surface area contributed by atoms with Crippen LogP contribution in [-0.2, 0) is 9.59 Å². The van der Waals surface area contributed by atoms with Crippen LogP contribution in [0.3, 0.4) is 0 Å². The van der Waals surface area contributed by atoms with E-state index in [1.165, 1.54) is 18.9 Å². The van der Waals surface area contributed by atoms with Gasteiger partial charge in [-0.1, -0.05) is 0 Å². The molecule has 0 aliphatic carbocycles. The minimum Gasteiger partial charge on any atom is -0.284 e. The monoisotopic (exact) mass is 202 g/mol. The van der Waals surface area contributed by atoms with E-state index in [1.54, 1.807) is 11.7 Å². The van der Waals surface area contributed by atoms with E-state index in [0.717, 1.165) is 0 Å². The lowest BCUT2D eigenvalue weighted by atomic mass is 10.7. The summed E-state index contributed by atoms with van der Waals surface area (Å²) in [4.78, 5) is 22.4. The van der Waals surface area contributed by atoms with Gasteiger partial charge in [-0.15, -0.1) is 0 Å². The molecule has 0 unspecified atom stereocenters. The smallest absolute Gasteiger partial charge is 0.237 e. The lowest BCUT2D eigenvalue weighted by Gasteiger charge is -2.39. The average Bonchev–Trinajstić information content (AvgIpc) is 1.82. The van der Waals surface area contributed by atoms with Crippen LogP contribution in [-0.4, -0.2) is 36.8 Å². The Morgan fingerprint density at radius 3 is 1.46 bits per heavy atom. The van der Waals surface area contributed by atoms with Crippen LogP contribution in [0.5, 0.6) is 0 Å². The molecule has 0 heterocycles. The zero-order valence-corrected chi connectivity index (χ0v) is 10.2. The Morgan fingerprint density at radius 1 is 1.00 bits per heavy atom. The fourth-order valence-corrected chi connectivity index (χ4v) is 3.26. The van der Waals surface area contributed by atoms with Crippen molar-refractivity contribution in [3.63, 3.8) is 0 Å². The summed E-state index contributed by atoms with van der Waals surface area (Å²) >= 11 is 0. The molecule has 0 saturated carbocycles. The predicted molar refractivity (Wildman–Crippen MR) is 54.3 cm³/mol. The maximum absolute atomic E-state index is 11.3. The zero-order valence-electron chi connectivity index (χ0n) is 9.21. The molecule has 0 atom stereocenters. The molecule has 2 amide bonds. The van der Waals surface area contributed by atoms with Crippen molar-refractivity contribution in [2.75, 3.05) is 7.05 Å². The number of hydrogen-bond acceptors (Lipinski definition) is 2. The van der Waals surface area contributed by atoms with E-state index in [0.29, 0.717) is 0 Å². The van der Waals surface area contributed by atoms with Crippen molar-refractivity contribution < 1.29 is 9.59 Å². The molecule has 5 heteroatoms. The molecular weight excluding hydrogens is 184 g/mol. The SMILES string of the molecule is CC(=O)N(C)N(C(C)=O)[Si](C)(C)C. The third-order valence-corrected chi connectivity index (χ3v) is 3.58. The Kier molecular flexibility index (Phi) is 3.66. The molecule has 0 aliphatic heterocycles. The van der Waals surface area contributed by atoms with Gasteiger partial charge in [0.05, 0.1) is 0 Å². The van der Waals surface area contributed by atoms with Crippen molar-refractivity contribution in [2.45, 2.75) is 33.5 Å². The molecule has 0 fully saturated rings. The lowest BCUT2D eigenvalue weighted by molar-refractivity contribution is -0.149. The van der Waals surface area contributed by atoms with Gasteiger partial charge in [0.15, 0.2) is 8.24 Å². The second-order valence-corrected chi connectivity index (χ2v) is 8.81. The zero-order chi connectivity index (χ0) is 10.8. The number of amides is 2. The highest BCUT2D eigenvalue weighted by Crippen LogP contribution is 2.12. The van der Waals surface area contributed by atoms with Gasteiger partial charge >= 0.3 is 0 Å². The van der Waals surface area contributed by atoms with Gasteiger partial charge in [-0.2, -0.15) is 0 Å². The van der Waals surface area contributed by atoms with Crippen LogP contribution >= 0.6 is 0 Å². The van der Waals surface area contributed by atoms with Gasteiger partial charge in [0.1, 0.15) is 0 Å². The average molecular weight is 202 g/mol. The number of carbonyl (C=O) groups is 2. The van der Waals surface area contributed by atoms with Crippen LogP contribution in [0.4, 0.5) is 0 Å². The largest absolute Gasteiger partial charge is 0.284 e. The van der Waals surface area contributed by atoms with E-state index >= 15 is 0 Å². The minimum atomic E-state index is -1.79. The van der Waals surface area contributed by atoms with Crippen molar-refractivity contribution >= 4 is 20.0 Å². The van der Waals surface area contributed by atoms with E-state index in [1.807, 2.05) is 19.6 Å². The van der Waals surface area contributed by atoms with Gasteiger partial charge in [0, 0.05) is 20.9 Å². The van der Waals surface area contributed by atoms with E-state index in [4.69, 9.17) is 0 Å².